The highest BCUT2D eigenvalue weighted by Gasteiger charge is 2.31. The van der Waals surface area contributed by atoms with Gasteiger partial charge in [0.15, 0.2) is 0 Å². The average molecular weight is 306 g/mol. The highest BCUT2D eigenvalue weighted by Crippen LogP contribution is 2.35. The van der Waals surface area contributed by atoms with E-state index in [1.54, 1.807) is 11.8 Å². The Bertz CT molecular complexity index is 503. The van der Waals surface area contributed by atoms with Gasteiger partial charge in [0, 0.05) is 12.3 Å². The number of hydrogen-bond donors (Lipinski definition) is 2. The number of thioether (sulfide) groups is 1. The lowest BCUT2D eigenvalue weighted by molar-refractivity contribution is -0.138. The van der Waals surface area contributed by atoms with E-state index < -0.39 is 12.0 Å². The van der Waals surface area contributed by atoms with E-state index in [1.165, 1.54) is 43.5 Å². The maximum atomic E-state index is 11.1. The molecule has 0 spiro atoms. The first-order valence-electron chi connectivity index (χ1n) is 7.64. The Hall–Kier alpha value is -1.04. The van der Waals surface area contributed by atoms with Crippen LogP contribution in [0.25, 0.3) is 0 Å². The van der Waals surface area contributed by atoms with Crippen LogP contribution in [0.4, 0.5) is 0 Å². The molecule has 5 heteroatoms. The molecule has 0 aliphatic carbocycles. The fourth-order valence-electron chi connectivity index (χ4n) is 3.09. The molecule has 0 radical (unpaired) electrons. The smallest absolute Gasteiger partial charge is 0.321 e. The Balaban J connectivity index is 1.72. The second-order valence-corrected chi connectivity index (χ2v) is 6.94. The maximum Gasteiger partial charge on any atom is 0.321 e. The highest BCUT2D eigenvalue weighted by molar-refractivity contribution is 7.99. The van der Waals surface area contributed by atoms with Gasteiger partial charge in [-0.1, -0.05) is 30.7 Å². The van der Waals surface area contributed by atoms with Crippen molar-refractivity contribution in [2.75, 3.05) is 18.8 Å². The van der Waals surface area contributed by atoms with Crippen LogP contribution in [0, 0.1) is 0 Å². The number of carboxylic acids is 1. The quantitative estimate of drug-likeness (QED) is 0.895. The van der Waals surface area contributed by atoms with Crippen LogP contribution in [0.15, 0.2) is 24.3 Å². The minimum atomic E-state index is -0.751. The van der Waals surface area contributed by atoms with Crippen molar-refractivity contribution in [1.82, 2.24) is 10.2 Å². The molecule has 2 saturated heterocycles. The summed E-state index contributed by atoms with van der Waals surface area (Å²) in [4.78, 5) is 13.6. The highest BCUT2D eigenvalue weighted by atomic mass is 32.2. The van der Waals surface area contributed by atoms with Crippen molar-refractivity contribution in [3.63, 3.8) is 0 Å². The van der Waals surface area contributed by atoms with Crippen LogP contribution in [0.1, 0.15) is 35.8 Å². The number of carboxylic acid groups (broad SMARTS) is 1. The molecule has 2 aliphatic rings. The van der Waals surface area contributed by atoms with E-state index in [1.807, 2.05) is 6.07 Å². The molecule has 4 nitrogen and oxygen atoms in total. The molecule has 2 aliphatic heterocycles. The molecule has 2 N–H and O–H groups in total. The summed E-state index contributed by atoms with van der Waals surface area (Å²) < 4.78 is 0. The van der Waals surface area contributed by atoms with Gasteiger partial charge in [-0.05, 0) is 37.1 Å². The van der Waals surface area contributed by atoms with Gasteiger partial charge < -0.3 is 5.11 Å². The predicted octanol–water partition coefficient (Wildman–Crippen LogP) is 2.46. The lowest BCUT2D eigenvalue weighted by Gasteiger charge is -2.28. The average Bonchev–Trinajstić information content (AvgIpc) is 2.99. The molecule has 0 saturated carbocycles. The van der Waals surface area contributed by atoms with Gasteiger partial charge in [-0.3, -0.25) is 15.0 Å². The zero-order valence-corrected chi connectivity index (χ0v) is 12.9. The Morgan fingerprint density at radius 3 is 2.76 bits per heavy atom. The lowest BCUT2D eigenvalue weighted by atomic mass is 10.0. The van der Waals surface area contributed by atoms with Gasteiger partial charge in [0.05, 0.1) is 5.37 Å². The van der Waals surface area contributed by atoms with E-state index in [0.29, 0.717) is 5.75 Å². The van der Waals surface area contributed by atoms with Gasteiger partial charge >= 0.3 is 5.97 Å². The van der Waals surface area contributed by atoms with Crippen molar-refractivity contribution in [3.8, 4) is 0 Å². The van der Waals surface area contributed by atoms with Crippen molar-refractivity contribution in [2.45, 2.75) is 37.2 Å². The number of benzene rings is 1. The first-order valence-corrected chi connectivity index (χ1v) is 8.69. The van der Waals surface area contributed by atoms with E-state index in [2.05, 4.69) is 28.4 Å². The first kappa shape index (κ1) is 14.9. The summed E-state index contributed by atoms with van der Waals surface area (Å²) in [6.45, 7) is 3.33. The fraction of sp³-hybridized carbons (Fsp3) is 0.562. The predicted molar refractivity (Wildman–Crippen MR) is 85.3 cm³/mol. The molecule has 114 valence electrons. The Kier molecular flexibility index (Phi) is 4.83. The third-order valence-corrected chi connectivity index (χ3v) is 5.51. The number of rotatable bonds is 4. The zero-order valence-electron chi connectivity index (χ0n) is 12.1. The minimum Gasteiger partial charge on any atom is -0.480 e. The second-order valence-electron chi connectivity index (χ2n) is 5.81. The van der Waals surface area contributed by atoms with Crippen molar-refractivity contribution in [3.05, 3.63) is 35.4 Å². The van der Waals surface area contributed by atoms with Crippen LogP contribution in [0.5, 0.6) is 0 Å². The zero-order chi connectivity index (χ0) is 14.7. The molecule has 3 rings (SSSR count). The molecule has 1 aromatic rings. The molecule has 1 aromatic carbocycles. The van der Waals surface area contributed by atoms with Crippen LogP contribution in [-0.2, 0) is 11.3 Å². The molecule has 2 unspecified atom stereocenters. The monoisotopic (exact) mass is 306 g/mol. The molecule has 0 aromatic heterocycles. The summed E-state index contributed by atoms with van der Waals surface area (Å²) in [6.07, 6.45) is 3.93. The standard InChI is InChI=1S/C16H22N2O2S/c19-16(20)14-11-21-15(17-14)13-7-3-2-6-12(13)10-18-8-4-1-5-9-18/h2-3,6-7,14-15,17H,1,4-5,8-11H2,(H,19,20). The largest absolute Gasteiger partial charge is 0.480 e. The van der Waals surface area contributed by atoms with Gasteiger partial charge in [0.1, 0.15) is 6.04 Å². The second kappa shape index (κ2) is 6.81. The summed E-state index contributed by atoms with van der Waals surface area (Å²) in [5.74, 6) is -0.114. The minimum absolute atomic E-state index is 0.104. The van der Waals surface area contributed by atoms with E-state index in [4.69, 9.17) is 5.11 Å². The molecular weight excluding hydrogens is 284 g/mol. The Morgan fingerprint density at radius 1 is 1.29 bits per heavy atom. The fourth-order valence-corrected chi connectivity index (χ4v) is 4.38. The first-order chi connectivity index (χ1) is 10.2. The van der Waals surface area contributed by atoms with E-state index >= 15 is 0 Å². The Morgan fingerprint density at radius 2 is 2.05 bits per heavy atom. The van der Waals surface area contributed by atoms with Gasteiger partial charge in [-0.15, -0.1) is 11.8 Å². The van der Waals surface area contributed by atoms with Gasteiger partial charge in [-0.25, -0.2) is 0 Å². The van der Waals surface area contributed by atoms with Crippen LogP contribution in [-0.4, -0.2) is 40.9 Å². The van der Waals surface area contributed by atoms with Crippen LogP contribution < -0.4 is 5.32 Å². The van der Waals surface area contributed by atoms with Gasteiger partial charge in [-0.2, -0.15) is 0 Å². The Labute approximate surface area is 129 Å². The molecule has 21 heavy (non-hydrogen) atoms. The summed E-state index contributed by atoms with van der Waals surface area (Å²) >= 11 is 1.70. The van der Waals surface area contributed by atoms with Crippen LogP contribution >= 0.6 is 11.8 Å². The number of nitrogens with one attached hydrogen (secondary N) is 1. The summed E-state index contributed by atoms with van der Waals surface area (Å²) in [5.41, 5.74) is 2.58. The van der Waals surface area contributed by atoms with E-state index in [0.717, 1.165) is 6.54 Å². The van der Waals surface area contributed by atoms with E-state index in [-0.39, 0.29) is 5.37 Å². The molecular formula is C16H22N2O2S. The number of nitrogens with zero attached hydrogens (tertiary/aromatic N) is 1. The SMILES string of the molecule is O=C(O)C1CSC(c2ccccc2CN2CCCCC2)N1. The molecule has 0 amide bonds. The van der Waals surface area contributed by atoms with Crippen molar-refractivity contribution < 1.29 is 9.90 Å². The normalized spacial score (nSPS) is 26.9. The van der Waals surface area contributed by atoms with Crippen molar-refractivity contribution >= 4 is 17.7 Å². The summed E-state index contributed by atoms with van der Waals surface area (Å²) in [5, 5.41) is 12.5. The summed E-state index contributed by atoms with van der Waals surface area (Å²) in [6, 6.07) is 8.01. The molecule has 0 bridgehead atoms. The number of aliphatic carboxylic acids is 1. The third-order valence-electron chi connectivity index (χ3n) is 4.26. The summed E-state index contributed by atoms with van der Waals surface area (Å²) in [7, 11) is 0. The number of piperidine rings is 1. The lowest BCUT2D eigenvalue weighted by Crippen LogP contribution is -2.34. The topological polar surface area (TPSA) is 52.6 Å². The number of likely N-dealkylation sites (tertiary alicyclic amines) is 1. The molecule has 2 heterocycles. The third kappa shape index (κ3) is 3.59. The maximum absolute atomic E-state index is 11.1. The molecule has 2 atom stereocenters. The van der Waals surface area contributed by atoms with Gasteiger partial charge in [0.25, 0.3) is 0 Å². The number of hydrogen-bond acceptors (Lipinski definition) is 4. The van der Waals surface area contributed by atoms with Gasteiger partial charge in [0.2, 0.25) is 0 Å². The molecule has 2 fully saturated rings. The van der Waals surface area contributed by atoms with Crippen LogP contribution in [0.2, 0.25) is 0 Å². The van der Waals surface area contributed by atoms with Crippen molar-refractivity contribution in [1.29, 1.82) is 0 Å². The number of carbonyl (C=O) groups is 1. The van der Waals surface area contributed by atoms with E-state index in [9.17, 15) is 4.79 Å². The van der Waals surface area contributed by atoms with Crippen LogP contribution in [0.3, 0.4) is 0 Å². The van der Waals surface area contributed by atoms with Crippen molar-refractivity contribution in [2.24, 2.45) is 0 Å².